The number of fused-ring (bicyclic) bond motifs is 1. The third-order valence-corrected chi connectivity index (χ3v) is 1.59. The molecule has 0 amide bonds. The molecule has 3 heteroatoms. The Labute approximate surface area is 64.0 Å². The first kappa shape index (κ1) is 6.01. The molecule has 0 saturated heterocycles. The molecular formula is C8H6N2O. The molecule has 0 radical (unpaired) electrons. The fourth-order valence-electron chi connectivity index (χ4n) is 1.07. The van der Waals surface area contributed by atoms with Gasteiger partial charge in [0.2, 0.25) is 5.82 Å². The van der Waals surface area contributed by atoms with E-state index < -0.39 is 0 Å². The van der Waals surface area contributed by atoms with Crippen LogP contribution >= 0.6 is 0 Å². The second kappa shape index (κ2) is 2.15. The van der Waals surface area contributed by atoms with Gasteiger partial charge in [0.25, 0.3) is 0 Å². The van der Waals surface area contributed by atoms with Gasteiger partial charge < -0.3 is 5.32 Å². The van der Waals surface area contributed by atoms with Gasteiger partial charge in [-0.1, -0.05) is 6.08 Å². The second-order valence-electron chi connectivity index (χ2n) is 2.23. The fourth-order valence-corrected chi connectivity index (χ4v) is 1.07. The van der Waals surface area contributed by atoms with Crippen molar-refractivity contribution in [3.63, 3.8) is 0 Å². The van der Waals surface area contributed by atoms with E-state index in [9.17, 15) is 4.79 Å². The van der Waals surface area contributed by atoms with Crippen LogP contribution in [0.25, 0.3) is 0 Å². The first-order valence-corrected chi connectivity index (χ1v) is 3.28. The molecule has 2 rings (SSSR count). The lowest BCUT2D eigenvalue weighted by Gasteiger charge is -2.15. The predicted octanol–water partition coefficient (Wildman–Crippen LogP) is 0.490. The Kier molecular flexibility index (Phi) is 1.17. The fraction of sp³-hybridized carbons (Fsp3) is 0. The number of allylic oxidation sites excluding steroid dienone is 3. The van der Waals surface area contributed by atoms with E-state index in [0.717, 1.165) is 5.70 Å². The molecule has 2 aliphatic heterocycles. The predicted molar refractivity (Wildman–Crippen MR) is 40.5 cm³/mol. The molecule has 0 unspecified atom stereocenters. The Morgan fingerprint density at radius 2 is 2.36 bits per heavy atom. The number of rotatable bonds is 0. The Morgan fingerprint density at radius 3 is 3.18 bits per heavy atom. The van der Waals surface area contributed by atoms with Crippen molar-refractivity contribution in [1.29, 1.82) is 0 Å². The molecule has 2 heterocycles. The van der Waals surface area contributed by atoms with Crippen LogP contribution in [0.5, 0.6) is 0 Å². The van der Waals surface area contributed by atoms with Crippen LogP contribution in [-0.2, 0) is 4.79 Å². The van der Waals surface area contributed by atoms with Crippen LogP contribution in [0.4, 0.5) is 0 Å². The second-order valence-corrected chi connectivity index (χ2v) is 2.23. The molecule has 2 aliphatic rings. The van der Waals surface area contributed by atoms with Gasteiger partial charge in [-0.05, 0) is 12.2 Å². The summed E-state index contributed by atoms with van der Waals surface area (Å²) >= 11 is 0. The number of hydrogen-bond donors (Lipinski definition) is 1. The summed E-state index contributed by atoms with van der Waals surface area (Å²) in [5, 5.41) is 2.80. The maximum absolute atomic E-state index is 10.3. The SMILES string of the molecule is O=C=C1NC=C2C=CC=CN12. The van der Waals surface area contributed by atoms with Gasteiger partial charge >= 0.3 is 0 Å². The standard InChI is InChI=1S/C8H6N2O/c11-6-8-9-5-7-3-1-2-4-10(7)8/h1-5,9H. The zero-order valence-electron chi connectivity index (χ0n) is 5.74. The number of nitrogens with one attached hydrogen (secondary N) is 1. The van der Waals surface area contributed by atoms with Crippen molar-refractivity contribution in [3.8, 4) is 0 Å². The van der Waals surface area contributed by atoms with Crippen LogP contribution < -0.4 is 5.32 Å². The highest BCUT2D eigenvalue weighted by molar-refractivity contribution is 5.56. The molecule has 0 saturated carbocycles. The Morgan fingerprint density at radius 1 is 1.45 bits per heavy atom. The monoisotopic (exact) mass is 146 g/mol. The summed E-state index contributed by atoms with van der Waals surface area (Å²) < 4.78 is 0. The van der Waals surface area contributed by atoms with Gasteiger partial charge in [-0.2, -0.15) is 0 Å². The van der Waals surface area contributed by atoms with Crippen LogP contribution in [0.15, 0.2) is 42.1 Å². The first-order chi connectivity index (χ1) is 5.42. The zero-order chi connectivity index (χ0) is 7.68. The van der Waals surface area contributed by atoms with Gasteiger partial charge in [-0.3, -0.25) is 4.90 Å². The molecule has 0 aliphatic carbocycles. The molecular weight excluding hydrogens is 140 g/mol. The van der Waals surface area contributed by atoms with Gasteiger partial charge in [-0.15, -0.1) is 0 Å². The number of hydrogen-bond acceptors (Lipinski definition) is 3. The summed E-state index contributed by atoms with van der Waals surface area (Å²) in [6, 6.07) is 0. The van der Waals surface area contributed by atoms with Gasteiger partial charge in [0.05, 0.1) is 5.70 Å². The van der Waals surface area contributed by atoms with Crippen molar-refractivity contribution in [3.05, 3.63) is 42.1 Å². The molecule has 1 N–H and O–H groups in total. The van der Waals surface area contributed by atoms with Crippen LogP contribution in [0, 0.1) is 0 Å². The summed E-state index contributed by atoms with van der Waals surface area (Å²) in [5.41, 5.74) is 0.964. The lowest BCUT2D eigenvalue weighted by atomic mass is 10.3. The van der Waals surface area contributed by atoms with E-state index in [4.69, 9.17) is 0 Å². The van der Waals surface area contributed by atoms with E-state index in [1.807, 2.05) is 30.4 Å². The Hall–Kier alpha value is -1.73. The summed E-state index contributed by atoms with van der Waals surface area (Å²) in [6.45, 7) is 0. The number of carbonyl (C=O) groups excluding carboxylic acids is 1. The van der Waals surface area contributed by atoms with Crippen LogP contribution in [0.2, 0.25) is 0 Å². The maximum Gasteiger partial charge on any atom is 0.201 e. The average molecular weight is 146 g/mol. The minimum absolute atomic E-state index is 0.445. The zero-order valence-corrected chi connectivity index (χ0v) is 5.74. The first-order valence-electron chi connectivity index (χ1n) is 3.28. The molecule has 11 heavy (non-hydrogen) atoms. The quantitative estimate of drug-likeness (QED) is 0.505. The van der Waals surface area contributed by atoms with Gasteiger partial charge in [-0.25, -0.2) is 4.79 Å². The normalized spacial score (nSPS) is 19.1. The summed E-state index contributed by atoms with van der Waals surface area (Å²) in [5.74, 6) is 2.25. The minimum atomic E-state index is 0.445. The van der Waals surface area contributed by atoms with E-state index in [1.54, 1.807) is 11.1 Å². The van der Waals surface area contributed by atoms with Crippen molar-refractivity contribution in [2.75, 3.05) is 0 Å². The molecule has 0 aromatic heterocycles. The van der Waals surface area contributed by atoms with Gasteiger partial charge in [0.1, 0.15) is 0 Å². The third-order valence-electron chi connectivity index (χ3n) is 1.59. The average Bonchev–Trinajstić information content (AvgIpc) is 2.47. The summed E-state index contributed by atoms with van der Waals surface area (Å²) in [6.07, 6.45) is 9.27. The third kappa shape index (κ3) is 0.791. The molecule has 0 aromatic carbocycles. The van der Waals surface area contributed by atoms with Crippen molar-refractivity contribution in [2.24, 2.45) is 0 Å². The maximum atomic E-state index is 10.3. The van der Waals surface area contributed by atoms with E-state index in [-0.39, 0.29) is 0 Å². The lowest BCUT2D eigenvalue weighted by Crippen LogP contribution is -2.16. The molecule has 54 valence electrons. The molecule has 0 bridgehead atoms. The number of nitrogens with zero attached hydrogens (tertiary/aromatic N) is 1. The minimum Gasteiger partial charge on any atom is -0.336 e. The molecule has 0 fully saturated rings. The van der Waals surface area contributed by atoms with E-state index >= 15 is 0 Å². The van der Waals surface area contributed by atoms with Crippen LogP contribution in [-0.4, -0.2) is 10.8 Å². The van der Waals surface area contributed by atoms with E-state index in [2.05, 4.69) is 5.32 Å². The topological polar surface area (TPSA) is 32.3 Å². The molecule has 3 nitrogen and oxygen atoms in total. The van der Waals surface area contributed by atoms with Crippen molar-refractivity contribution < 1.29 is 4.79 Å². The van der Waals surface area contributed by atoms with Gasteiger partial charge in [0, 0.05) is 12.4 Å². The lowest BCUT2D eigenvalue weighted by molar-refractivity contribution is 0.544. The highest BCUT2D eigenvalue weighted by atomic mass is 16.1. The highest BCUT2D eigenvalue weighted by Crippen LogP contribution is 2.19. The highest BCUT2D eigenvalue weighted by Gasteiger charge is 2.17. The van der Waals surface area contributed by atoms with Crippen LogP contribution in [0.1, 0.15) is 0 Å². The summed E-state index contributed by atoms with van der Waals surface area (Å²) in [7, 11) is 0. The molecule has 0 aromatic rings. The Balaban J connectivity index is 2.42. The summed E-state index contributed by atoms with van der Waals surface area (Å²) in [4.78, 5) is 12.0. The van der Waals surface area contributed by atoms with Gasteiger partial charge in [0.15, 0.2) is 5.94 Å². The van der Waals surface area contributed by atoms with Crippen LogP contribution in [0.3, 0.4) is 0 Å². The van der Waals surface area contributed by atoms with Crippen molar-refractivity contribution >= 4 is 5.94 Å². The van der Waals surface area contributed by atoms with E-state index in [1.165, 1.54) is 0 Å². The van der Waals surface area contributed by atoms with Crippen molar-refractivity contribution in [2.45, 2.75) is 0 Å². The largest absolute Gasteiger partial charge is 0.336 e. The van der Waals surface area contributed by atoms with E-state index in [0.29, 0.717) is 5.82 Å². The van der Waals surface area contributed by atoms with Crippen molar-refractivity contribution in [1.82, 2.24) is 10.2 Å². The molecule has 0 spiro atoms. The molecule has 0 atom stereocenters. The smallest absolute Gasteiger partial charge is 0.201 e. The Bertz CT molecular complexity index is 319.